The smallest absolute Gasteiger partial charge is 0.295 e. The highest BCUT2D eigenvalue weighted by Gasteiger charge is 2.24. The summed E-state index contributed by atoms with van der Waals surface area (Å²) in [7, 11) is 0. The summed E-state index contributed by atoms with van der Waals surface area (Å²) in [5.41, 5.74) is 6.76. The first-order valence-electron chi connectivity index (χ1n) is 18.4. The number of rotatable bonds is 16. The number of amides is 3. The molecule has 3 amide bonds. The van der Waals surface area contributed by atoms with Crippen LogP contribution in [-0.2, 0) is 20.9 Å². The lowest BCUT2D eigenvalue weighted by atomic mass is 10.0. The molecule has 0 bridgehead atoms. The monoisotopic (exact) mass is 997 g/mol. The van der Waals surface area contributed by atoms with Gasteiger partial charge in [-0.05, 0) is 149 Å². The maximum Gasteiger partial charge on any atom is 0.295 e. The molecule has 0 saturated carbocycles. The first kappa shape index (κ1) is 41.3. The zero-order valence-electron chi connectivity index (χ0n) is 31.3. The van der Waals surface area contributed by atoms with Crippen LogP contribution in [0.2, 0.25) is 0 Å². The zero-order chi connectivity index (χ0) is 39.9. The van der Waals surface area contributed by atoms with Gasteiger partial charge in [0.1, 0.15) is 5.75 Å². The maximum absolute atomic E-state index is 13.3. The fourth-order valence-electron chi connectivity index (χ4n) is 6.57. The molecular formula is C41H42Br2IN7O5. The van der Waals surface area contributed by atoms with E-state index in [1.807, 2.05) is 81.4 Å². The number of fused-ring (bicyclic) bond motifs is 2. The van der Waals surface area contributed by atoms with Crippen molar-refractivity contribution in [1.29, 1.82) is 0 Å². The Morgan fingerprint density at radius 1 is 0.875 bits per heavy atom. The van der Waals surface area contributed by atoms with Gasteiger partial charge in [0.05, 0.1) is 31.4 Å². The molecule has 15 heteroatoms. The molecule has 3 heterocycles. The van der Waals surface area contributed by atoms with Gasteiger partial charge in [-0.25, -0.2) is 9.36 Å². The number of aromatic nitrogens is 4. The van der Waals surface area contributed by atoms with E-state index in [9.17, 15) is 19.2 Å². The Labute approximate surface area is 355 Å². The number of nitrogens with one attached hydrogen (secondary N) is 3. The molecule has 6 rings (SSSR count). The number of anilines is 1. The molecule has 2 aromatic heterocycles. The van der Waals surface area contributed by atoms with Crippen molar-refractivity contribution >= 4 is 100 Å². The van der Waals surface area contributed by atoms with Gasteiger partial charge in [0, 0.05) is 46.4 Å². The van der Waals surface area contributed by atoms with Crippen LogP contribution in [0.1, 0.15) is 66.6 Å². The Hall–Kier alpha value is -4.35. The number of carbonyl (C=O) groups excluding carboxylic acids is 3. The predicted molar refractivity (Wildman–Crippen MR) is 234 cm³/mol. The first-order chi connectivity index (χ1) is 26.9. The van der Waals surface area contributed by atoms with Gasteiger partial charge < -0.3 is 20.7 Å². The van der Waals surface area contributed by atoms with Crippen LogP contribution in [-0.4, -0.2) is 57.0 Å². The molecule has 0 spiro atoms. The minimum Gasteiger partial charge on any atom is -0.481 e. The zero-order valence-corrected chi connectivity index (χ0v) is 36.6. The molecule has 1 aliphatic rings. The molecule has 5 aromatic rings. The number of carbonyl (C=O) groups is 3. The predicted octanol–water partition coefficient (Wildman–Crippen LogP) is 7.78. The van der Waals surface area contributed by atoms with Crippen LogP contribution < -0.4 is 26.2 Å². The van der Waals surface area contributed by atoms with E-state index in [4.69, 9.17) is 4.74 Å². The van der Waals surface area contributed by atoms with Crippen molar-refractivity contribution in [2.45, 2.75) is 65.8 Å². The maximum atomic E-state index is 13.3. The van der Waals surface area contributed by atoms with Crippen LogP contribution in [0, 0.1) is 24.3 Å². The van der Waals surface area contributed by atoms with Gasteiger partial charge in [-0.1, -0.05) is 30.5 Å². The fraction of sp³-hybridized carbons (Fsp3) is 0.317. The summed E-state index contributed by atoms with van der Waals surface area (Å²) in [6, 6.07) is 17.5. The van der Waals surface area contributed by atoms with Gasteiger partial charge in [-0.2, -0.15) is 10.2 Å². The van der Waals surface area contributed by atoms with Gasteiger partial charge in [-0.15, -0.1) is 0 Å². The molecule has 1 aliphatic heterocycles. The Morgan fingerprint density at radius 2 is 1.55 bits per heavy atom. The lowest BCUT2D eigenvalue weighted by Crippen LogP contribution is -2.29. The Kier molecular flexibility index (Phi) is 13.8. The highest BCUT2D eigenvalue weighted by Crippen LogP contribution is 2.38. The lowest BCUT2D eigenvalue weighted by Gasteiger charge is -2.12. The molecule has 0 unspecified atom stereocenters. The molecule has 3 N–H and O–H groups in total. The van der Waals surface area contributed by atoms with E-state index in [0.717, 1.165) is 74.1 Å². The summed E-state index contributed by atoms with van der Waals surface area (Å²) in [6.45, 7) is 7.11. The highest BCUT2D eigenvalue weighted by molar-refractivity contribution is 14.1. The average Bonchev–Trinajstić information content (AvgIpc) is 3.67. The Bertz CT molecular complexity index is 2370. The van der Waals surface area contributed by atoms with E-state index in [0.29, 0.717) is 58.3 Å². The summed E-state index contributed by atoms with van der Waals surface area (Å²) in [6.07, 6.45) is 6.05. The van der Waals surface area contributed by atoms with Gasteiger partial charge in [-0.3, -0.25) is 19.2 Å². The molecule has 0 fully saturated rings. The third-order valence-corrected chi connectivity index (χ3v) is 11.3. The third kappa shape index (κ3) is 9.95. The average molecular weight is 1000 g/mol. The number of hydrogen-bond acceptors (Lipinski definition) is 7. The Balaban J connectivity index is 0.855. The van der Waals surface area contributed by atoms with Crippen molar-refractivity contribution in [3.8, 4) is 11.4 Å². The topological polar surface area (TPSA) is 149 Å². The van der Waals surface area contributed by atoms with Crippen LogP contribution in [0.15, 0.2) is 68.3 Å². The van der Waals surface area contributed by atoms with E-state index < -0.39 is 0 Å². The molecule has 0 aliphatic carbocycles. The molecule has 56 heavy (non-hydrogen) atoms. The number of hydrogen-bond donors (Lipinski definition) is 3. The highest BCUT2D eigenvalue weighted by atomic mass is 127. The van der Waals surface area contributed by atoms with Crippen molar-refractivity contribution in [3.05, 3.63) is 106 Å². The van der Waals surface area contributed by atoms with Gasteiger partial charge in [0.25, 0.3) is 17.4 Å². The van der Waals surface area contributed by atoms with Crippen molar-refractivity contribution in [1.82, 2.24) is 30.2 Å². The molecule has 0 atom stereocenters. The van der Waals surface area contributed by atoms with Crippen molar-refractivity contribution < 1.29 is 19.1 Å². The second-order valence-electron chi connectivity index (χ2n) is 13.7. The minimum atomic E-state index is -0.261. The summed E-state index contributed by atoms with van der Waals surface area (Å²) in [4.78, 5) is 50.8. The van der Waals surface area contributed by atoms with Crippen LogP contribution in [0.4, 0.5) is 5.69 Å². The number of ether oxygens (including phenoxy) is 1. The van der Waals surface area contributed by atoms with Gasteiger partial charge >= 0.3 is 0 Å². The van der Waals surface area contributed by atoms with Crippen LogP contribution in [0.5, 0.6) is 5.75 Å². The minimum absolute atomic E-state index is 0.0608. The van der Waals surface area contributed by atoms with Crippen molar-refractivity contribution in [2.75, 3.05) is 25.0 Å². The van der Waals surface area contributed by atoms with Crippen molar-refractivity contribution in [3.63, 3.8) is 0 Å². The number of unbranched alkanes of at least 4 members (excludes halogenated alkanes) is 3. The fourth-order valence-corrected chi connectivity index (χ4v) is 8.51. The first-order valence-corrected chi connectivity index (χ1v) is 21.1. The molecule has 292 valence electrons. The van der Waals surface area contributed by atoms with Crippen molar-refractivity contribution in [2.24, 2.45) is 0 Å². The number of halogens is 3. The van der Waals surface area contributed by atoms with Gasteiger partial charge in [0.2, 0.25) is 5.91 Å². The van der Waals surface area contributed by atoms with E-state index in [2.05, 4.69) is 80.6 Å². The van der Waals surface area contributed by atoms with E-state index in [-0.39, 0.29) is 29.9 Å². The largest absolute Gasteiger partial charge is 0.481 e. The van der Waals surface area contributed by atoms with E-state index in [1.165, 1.54) is 4.68 Å². The molecule has 12 nitrogen and oxygen atoms in total. The number of benzene rings is 3. The normalized spacial score (nSPS) is 12.9. The van der Waals surface area contributed by atoms with Crippen LogP contribution >= 0.6 is 54.5 Å². The third-order valence-electron chi connectivity index (χ3n) is 9.43. The Morgan fingerprint density at radius 3 is 2.25 bits per heavy atom. The van der Waals surface area contributed by atoms with Gasteiger partial charge in [0.15, 0.2) is 12.1 Å². The quantitative estimate of drug-likeness (QED) is 0.0520. The van der Waals surface area contributed by atoms with Crippen LogP contribution in [0.25, 0.3) is 28.2 Å². The number of aryl methyl sites for hydroxylation is 4. The summed E-state index contributed by atoms with van der Waals surface area (Å²) in [5, 5.41) is 18.7. The van der Waals surface area contributed by atoms with Crippen LogP contribution in [0.3, 0.4) is 0 Å². The standard InChI is InChI=1S/C41H42Br2IN7O5/c1-24-10-13-29(14-11-24)51-26(3)37-25(2)48-50(41(55)38(37)49-51)18-8-9-35(52)45-16-6-4-5-7-17-46-36(53)23-56-39-32(42)20-27(21-33(39)43)19-31-30-22-28(44)12-15-34(30)47-40(31)54/h10-15,19-22H,4-9,16-18,23H2,1-3H3,(H,45,52)(H,46,53)(H,47,54)/b31-19-. The second-order valence-corrected chi connectivity index (χ2v) is 16.6. The summed E-state index contributed by atoms with van der Waals surface area (Å²) in [5.74, 6) is 0.0533. The molecule has 0 radical (unpaired) electrons. The summed E-state index contributed by atoms with van der Waals surface area (Å²) < 4.78 is 11.3. The molecular weight excluding hydrogens is 957 g/mol. The lowest BCUT2D eigenvalue weighted by molar-refractivity contribution is -0.123. The number of nitrogens with zero attached hydrogens (tertiary/aromatic N) is 4. The molecule has 0 saturated heterocycles. The second kappa shape index (κ2) is 18.7. The SMILES string of the molecule is Cc1ccc(-n2nc3c(=O)n(CCCC(=O)NCCCCCCNC(=O)COc4c(Br)cc(/C=C5\C(=O)Nc6ccc(I)cc65)cc4Br)nc(C)c3c2C)cc1. The summed E-state index contributed by atoms with van der Waals surface area (Å²) >= 11 is 9.31. The van der Waals surface area contributed by atoms with E-state index in [1.54, 1.807) is 4.68 Å². The molecule has 3 aromatic carbocycles. The van der Waals surface area contributed by atoms with E-state index >= 15 is 0 Å².